The van der Waals surface area contributed by atoms with Gasteiger partial charge in [0, 0.05) is 12.0 Å². The van der Waals surface area contributed by atoms with E-state index in [1.165, 1.54) is 31.4 Å². The molecule has 3 heterocycles. The Kier molecular flexibility index (Phi) is 10.6. The normalized spacial score (nSPS) is 41.4. The van der Waals surface area contributed by atoms with E-state index in [2.05, 4.69) is 0 Å². The highest BCUT2D eigenvalue weighted by Crippen LogP contribution is 2.43. The summed E-state index contributed by atoms with van der Waals surface area (Å²) >= 11 is 0. The predicted octanol–water partition coefficient (Wildman–Crippen LogP) is -1.98. The van der Waals surface area contributed by atoms with Crippen molar-refractivity contribution in [2.75, 3.05) is 13.2 Å². The van der Waals surface area contributed by atoms with E-state index < -0.39 is 105 Å². The van der Waals surface area contributed by atoms with Crippen molar-refractivity contribution in [3.63, 3.8) is 0 Å². The van der Waals surface area contributed by atoms with Gasteiger partial charge in [-0.1, -0.05) is 18.2 Å². The first kappa shape index (κ1) is 33.4. The molecule has 14 atom stereocenters. The second kappa shape index (κ2) is 14.2. The monoisotopic (exact) mass is 638 g/mol. The first-order valence-electron chi connectivity index (χ1n) is 14.5. The fraction of sp³-hybridized carbons (Fsp3) is 0.567. The molecule has 0 amide bonds. The molecular formula is C30H38O15. The molecule has 2 saturated heterocycles. The van der Waals surface area contributed by atoms with Gasteiger partial charge in [-0.05, 0) is 42.3 Å². The Bertz CT molecular complexity index is 1250. The quantitative estimate of drug-likeness (QED) is 0.0832. The number of phenols is 1. The highest BCUT2D eigenvalue weighted by atomic mass is 16.8. The average Bonchev–Trinajstić information content (AvgIpc) is 3.40. The molecule has 1 aromatic carbocycles. The number of hydrogen-bond donors (Lipinski definition) is 8. The molecule has 45 heavy (non-hydrogen) atoms. The molecule has 2 fully saturated rings. The summed E-state index contributed by atoms with van der Waals surface area (Å²) in [6, 6.07) is 6.04. The number of phenolic OH excluding ortho intramolecular Hbond substituents is 1. The van der Waals surface area contributed by atoms with Crippen LogP contribution in [0.2, 0.25) is 0 Å². The lowest BCUT2D eigenvalue weighted by Crippen LogP contribution is -2.60. The van der Waals surface area contributed by atoms with Gasteiger partial charge in [0.2, 0.25) is 6.29 Å². The maximum Gasteiger partial charge on any atom is 0.331 e. The molecule has 1 aliphatic carbocycles. The third-order valence-corrected chi connectivity index (χ3v) is 8.34. The van der Waals surface area contributed by atoms with Crippen molar-refractivity contribution in [3.8, 4) is 5.75 Å². The highest BCUT2D eigenvalue weighted by molar-refractivity contribution is 5.87. The van der Waals surface area contributed by atoms with Crippen molar-refractivity contribution in [3.05, 3.63) is 59.9 Å². The first-order chi connectivity index (χ1) is 21.5. The van der Waals surface area contributed by atoms with Crippen LogP contribution in [-0.2, 0) is 33.2 Å². The summed E-state index contributed by atoms with van der Waals surface area (Å²) in [5.74, 6) is -2.08. The molecule has 4 aliphatic rings. The number of benzene rings is 1. The summed E-state index contributed by atoms with van der Waals surface area (Å²) in [7, 11) is 0. The summed E-state index contributed by atoms with van der Waals surface area (Å²) in [6.45, 7) is 0.410. The number of hydrogen-bond acceptors (Lipinski definition) is 15. The smallest absolute Gasteiger partial charge is 0.331 e. The zero-order valence-corrected chi connectivity index (χ0v) is 24.1. The number of rotatable bonds is 9. The van der Waals surface area contributed by atoms with Crippen LogP contribution in [0.5, 0.6) is 5.75 Å². The molecule has 3 aliphatic heterocycles. The predicted molar refractivity (Wildman–Crippen MR) is 149 cm³/mol. The van der Waals surface area contributed by atoms with Gasteiger partial charge in [0.15, 0.2) is 18.7 Å². The molecule has 15 nitrogen and oxygen atoms in total. The van der Waals surface area contributed by atoms with Crippen LogP contribution in [0.4, 0.5) is 0 Å². The summed E-state index contributed by atoms with van der Waals surface area (Å²) in [5, 5.41) is 81.1. The molecular weight excluding hydrogens is 600 g/mol. The lowest BCUT2D eigenvalue weighted by molar-refractivity contribution is -0.341. The van der Waals surface area contributed by atoms with Gasteiger partial charge in [-0.3, -0.25) is 0 Å². The summed E-state index contributed by atoms with van der Waals surface area (Å²) in [6.07, 6.45) is -9.27. The molecule has 5 rings (SSSR count). The minimum Gasteiger partial charge on any atom is -0.508 e. The Balaban J connectivity index is 1.30. The van der Waals surface area contributed by atoms with Gasteiger partial charge in [-0.25, -0.2) is 4.79 Å². The van der Waals surface area contributed by atoms with E-state index in [1.54, 1.807) is 24.3 Å². The van der Waals surface area contributed by atoms with E-state index in [-0.39, 0.29) is 5.75 Å². The minimum atomic E-state index is -1.69. The van der Waals surface area contributed by atoms with Crippen molar-refractivity contribution >= 4 is 12.0 Å². The average molecular weight is 639 g/mol. The molecule has 8 N–H and O–H groups in total. The third-order valence-electron chi connectivity index (χ3n) is 8.34. The third kappa shape index (κ3) is 7.08. The first-order valence-corrected chi connectivity index (χ1v) is 14.5. The Labute approximate surface area is 257 Å². The standard InChI is InChI=1S/C30H38O15/c1-13-22(35)25(38)27(44-20(34)7-4-14-2-5-16(33)6-3-14)30(41-13)42-18-10-15(11-31)21-17(18)8-9-40-28(21)45-29-26(39)24(37)23(36)19(12-32)43-29/h2-10,13,17-19,21-33,35-39H,11-12H2,1H3. The molecule has 0 saturated carbocycles. The lowest BCUT2D eigenvalue weighted by atomic mass is 9.88. The van der Waals surface area contributed by atoms with Crippen LogP contribution >= 0.6 is 0 Å². The SMILES string of the molecule is CC1OC(OC2C=C(CO)C3C(OC4OC(CO)C(O)C(O)C4O)OC=CC23)C(OC(=O)C=Cc2ccc(O)cc2)C(O)C1O. The molecule has 0 aromatic heterocycles. The maximum atomic E-state index is 12.7. The second-order valence-corrected chi connectivity index (χ2v) is 11.3. The fourth-order valence-corrected chi connectivity index (χ4v) is 5.80. The van der Waals surface area contributed by atoms with Crippen molar-refractivity contribution < 1.29 is 74.1 Å². The highest BCUT2D eigenvalue weighted by Gasteiger charge is 2.52. The maximum absolute atomic E-state index is 12.7. The van der Waals surface area contributed by atoms with E-state index in [4.69, 9.17) is 28.4 Å². The Morgan fingerprint density at radius 2 is 1.62 bits per heavy atom. The van der Waals surface area contributed by atoms with Gasteiger partial charge in [0.1, 0.15) is 42.4 Å². The Hall–Kier alpha value is -2.93. The summed E-state index contributed by atoms with van der Waals surface area (Å²) in [4.78, 5) is 12.7. The van der Waals surface area contributed by atoms with Crippen LogP contribution in [-0.4, -0.2) is 134 Å². The molecule has 1 aromatic rings. The zero-order chi connectivity index (χ0) is 32.4. The van der Waals surface area contributed by atoms with Crippen LogP contribution in [0.15, 0.2) is 54.3 Å². The summed E-state index contributed by atoms with van der Waals surface area (Å²) < 4.78 is 34.4. The number of carbonyl (C=O) groups is 1. The largest absolute Gasteiger partial charge is 0.508 e. The van der Waals surface area contributed by atoms with Crippen LogP contribution in [0.1, 0.15) is 12.5 Å². The van der Waals surface area contributed by atoms with Gasteiger partial charge in [-0.15, -0.1) is 0 Å². The molecule has 15 heteroatoms. The van der Waals surface area contributed by atoms with Crippen molar-refractivity contribution in [2.24, 2.45) is 11.8 Å². The van der Waals surface area contributed by atoms with Crippen molar-refractivity contribution in [1.29, 1.82) is 0 Å². The van der Waals surface area contributed by atoms with Crippen molar-refractivity contribution in [1.82, 2.24) is 0 Å². The van der Waals surface area contributed by atoms with E-state index >= 15 is 0 Å². The number of aromatic hydroxyl groups is 1. The summed E-state index contributed by atoms with van der Waals surface area (Å²) in [5.41, 5.74) is 1.01. The number of fused-ring (bicyclic) bond motifs is 1. The van der Waals surface area contributed by atoms with Gasteiger partial charge in [0.25, 0.3) is 0 Å². The van der Waals surface area contributed by atoms with Gasteiger partial charge in [-0.2, -0.15) is 0 Å². The molecule has 248 valence electrons. The van der Waals surface area contributed by atoms with E-state index in [0.29, 0.717) is 11.1 Å². The minimum absolute atomic E-state index is 0.0546. The van der Waals surface area contributed by atoms with E-state index in [1.807, 2.05) is 0 Å². The van der Waals surface area contributed by atoms with Crippen LogP contribution in [0.25, 0.3) is 6.08 Å². The molecule has 0 radical (unpaired) electrons. The number of aliphatic hydroxyl groups excluding tert-OH is 7. The molecule has 0 bridgehead atoms. The molecule has 0 spiro atoms. The van der Waals surface area contributed by atoms with Gasteiger partial charge < -0.3 is 69.3 Å². The zero-order valence-electron chi connectivity index (χ0n) is 24.1. The van der Waals surface area contributed by atoms with E-state index in [0.717, 1.165) is 6.08 Å². The number of ether oxygens (including phenoxy) is 6. The van der Waals surface area contributed by atoms with Gasteiger partial charge >= 0.3 is 5.97 Å². The lowest BCUT2D eigenvalue weighted by Gasteiger charge is -2.43. The van der Waals surface area contributed by atoms with Crippen LogP contribution in [0, 0.1) is 11.8 Å². The fourth-order valence-electron chi connectivity index (χ4n) is 5.80. The molecule has 14 unspecified atom stereocenters. The second-order valence-electron chi connectivity index (χ2n) is 11.3. The van der Waals surface area contributed by atoms with Crippen molar-refractivity contribution in [2.45, 2.75) is 80.7 Å². The topological polar surface area (TPSA) is 234 Å². The van der Waals surface area contributed by atoms with E-state index in [9.17, 15) is 45.6 Å². The van der Waals surface area contributed by atoms with Gasteiger partial charge in [0.05, 0.1) is 37.6 Å². The number of esters is 1. The number of aliphatic hydroxyl groups is 7. The van der Waals surface area contributed by atoms with Crippen LogP contribution < -0.4 is 0 Å². The Morgan fingerprint density at radius 1 is 0.889 bits per heavy atom. The van der Waals surface area contributed by atoms with Crippen LogP contribution in [0.3, 0.4) is 0 Å². The number of carbonyl (C=O) groups excluding carboxylic acids is 1. The Morgan fingerprint density at radius 3 is 2.31 bits per heavy atom.